The molecule has 0 aromatic heterocycles. The van der Waals surface area contributed by atoms with Gasteiger partial charge in [-0.3, -0.25) is 0 Å². The van der Waals surface area contributed by atoms with Crippen LogP contribution in [0.1, 0.15) is 38.8 Å². The summed E-state index contributed by atoms with van der Waals surface area (Å²) in [4.78, 5) is 2.39. The minimum Gasteiger partial charge on any atom is -0.375 e. The quantitative estimate of drug-likeness (QED) is 0.924. The highest BCUT2D eigenvalue weighted by atomic mass is 35.5. The average molecular weight is 283 g/mol. The van der Waals surface area contributed by atoms with E-state index in [0.29, 0.717) is 6.04 Å². The summed E-state index contributed by atoms with van der Waals surface area (Å²) in [7, 11) is 0. The van der Waals surface area contributed by atoms with E-state index in [1.165, 1.54) is 0 Å². The van der Waals surface area contributed by atoms with Gasteiger partial charge in [-0.15, -0.1) is 0 Å². The van der Waals surface area contributed by atoms with Gasteiger partial charge in [0.2, 0.25) is 0 Å². The second kappa shape index (κ2) is 6.12. The van der Waals surface area contributed by atoms with E-state index in [1.807, 2.05) is 19.1 Å². The van der Waals surface area contributed by atoms with E-state index in [0.717, 1.165) is 35.8 Å². The van der Waals surface area contributed by atoms with Crippen molar-refractivity contribution in [1.82, 2.24) is 0 Å². The monoisotopic (exact) mass is 282 g/mol. The molecule has 1 aromatic carbocycles. The molecular weight excluding hydrogens is 260 g/mol. The molecule has 0 spiro atoms. The first-order chi connectivity index (χ1) is 9.02. The van der Waals surface area contributed by atoms with Gasteiger partial charge in [0.1, 0.15) is 0 Å². The van der Waals surface area contributed by atoms with Gasteiger partial charge >= 0.3 is 0 Å². The zero-order chi connectivity index (χ0) is 14.0. The summed E-state index contributed by atoms with van der Waals surface area (Å²) in [5.74, 6) is 0. The molecule has 2 rings (SSSR count). The lowest BCUT2D eigenvalue weighted by molar-refractivity contribution is 0.0299. The molecule has 3 atom stereocenters. The van der Waals surface area contributed by atoms with Gasteiger partial charge < -0.3 is 15.4 Å². The van der Waals surface area contributed by atoms with E-state index in [4.69, 9.17) is 22.1 Å². The minimum absolute atomic E-state index is 0.0351. The molecule has 1 aliphatic heterocycles. The molecule has 1 aromatic rings. The third-order valence-corrected chi connectivity index (χ3v) is 4.07. The number of nitrogens with two attached hydrogens (primary N) is 1. The largest absolute Gasteiger partial charge is 0.375 e. The predicted molar refractivity (Wildman–Crippen MR) is 80.9 cm³/mol. The molecule has 4 heteroatoms. The van der Waals surface area contributed by atoms with Crippen molar-refractivity contribution >= 4 is 17.3 Å². The molecule has 19 heavy (non-hydrogen) atoms. The van der Waals surface area contributed by atoms with Crippen molar-refractivity contribution in [1.29, 1.82) is 0 Å². The Kier molecular flexibility index (Phi) is 4.71. The fourth-order valence-electron chi connectivity index (χ4n) is 2.56. The third kappa shape index (κ3) is 3.22. The smallest absolute Gasteiger partial charge is 0.0723 e. The highest BCUT2D eigenvalue weighted by molar-refractivity contribution is 6.31. The van der Waals surface area contributed by atoms with E-state index < -0.39 is 0 Å². The molecule has 0 saturated carbocycles. The first-order valence-corrected chi connectivity index (χ1v) is 7.34. The van der Waals surface area contributed by atoms with Crippen LogP contribution in [0.3, 0.4) is 0 Å². The van der Waals surface area contributed by atoms with Crippen LogP contribution < -0.4 is 10.6 Å². The van der Waals surface area contributed by atoms with Crippen LogP contribution in [0.2, 0.25) is 5.02 Å². The lowest BCUT2D eigenvalue weighted by Gasteiger charge is -2.40. The van der Waals surface area contributed by atoms with E-state index in [-0.39, 0.29) is 12.1 Å². The van der Waals surface area contributed by atoms with Gasteiger partial charge in [-0.1, -0.05) is 24.6 Å². The van der Waals surface area contributed by atoms with Crippen molar-refractivity contribution in [3.63, 3.8) is 0 Å². The van der Waals surface area contributed by atoms with Gasteiger partial charge in [0.25, 0.3) is 0 Å². The highest BCUT2D eigenvalue weighted by Gasteiger charge is 2.26. The Morgan fingerprint density at radius 2 is 2.26 bits per heavy atom. The van der Waals surface area contributed by atoms with Crippen molar-refractivity contribution in [2.45, 2.75) is 45.4 Å². The summed E-state index contributed by atoms with van der Waals surface area (Å²) < 4.78 is 5.73. The van der Waals surface area contributed by atoms with E-state index in [9.17, 15) is 0 Å². The SMILES string of the molecule is CCC1COC(C)CN1c1ccc(C(C)N)c(Cl)c1. The van der Waals surface area contributed by atoms with Gasteiger partial charge in [-0.25, -0.2) is 0 Å². The van der Waals surface area contributed by atoms with Gasteiger partial charge in [-0.05, 0) is 38.0 Å². The molecule has 1 fully saturated rings. The third-order valence-electron chi connectivity index (χ3n) is 3.75. The van der Waals surface area contributed by atoms with Crippen LogP contribution in [0.25, 0.3) is 0 Å². The van der Waals surface area contributed by atoms with Crippen LogP contribution in [-0.2, 0) is 4.74 Å². The topological polar surface area (TPSA) is 38.5 Å². The van der Waals surface area contributed by atoms with Gasteiger partial charge in [0.15, 0.2) is 0 Å². The van der Waals surface area contributed by atoms with Crippen molar-refractivity contribution in [2.24, 2.45) is 5.73 Å². The molecule has 0 aliphatic carbocycles. The van der Waals surface area contributed by atoms with Crippen molar-refractivity contribution in [3.05, 3.63) is 28.8 Å². The number of rotatable bonds is 3. The molecule has 3 unspecified atom stereocenters. The van der Waals surface area contributed by atoms with Crippen molar-refractivity contribution < 1.29 is 4.74 Å². The van der Waals surface area contributed by atoms with Crippen LogP contribution in [0.5, 0.6) is 0 Å². The van der Waals surface area contributed by atoms with Crippen LogP contribution in [0.15, 0.2) is 18.2 Å². The molecule has 1 heterocycles. The normalized spacial score (nSPS) is 25.4. The summed E-state index contributed by atoms with van der Waals surface area (Å²) in [6, 6.07) is 6.57. The Labute approximate surface area is 120 Å². The summed E-state index contributed by atoms with van der Waals surface area (Å²) in [6.07, 6.45) is 1.33. The summed E-state index contributed by atoms with van der Waals surface area (Å²) in [5, 5.41) is 0.751. The van der Waals surface area contributed by atoms with Crippen LogP contribution in [0, 0.1) is 0 Å². The lowest BCUT2D eigenvalue weighted by atomic mass is 10.1. The van der Waals surface area contributed by atoms with Gasteiger partial charge in [0, 0.05) is 23.3 Å². The Morgan fingerprint density at radius 1 is 1.53 bits per heavy atom. The highest BCUT2D eigenvalue weighted by Crippen LogP contribution is 2.30. The molecule has 106 valence electrons. The first-order valence-electron chi connectivity index (χ1n) is 6.96. The number of morpholine rings is 1. The number of nitrogens with zero attached hydrogens (tertiary/aromatic N) is 1. The Bertz CT molecular complexity index is 436. The fourth-order valence-corrected chi connectivity index (χ4v) is 2.91. The van der Waals surface area contributed by atoms with Gasteiger partial charge in [0.05, 0.1) is 18.8 Å². The van der Waals surface area contributed by atoms with E-state index in [2.05, 4.69) is 24.8 Å². The fraction of sp³-hybridized carbons (Fsp3) is 0.600. The molecule has 3 nitrogen and oxygen atoms in total. The Hall–Kier alpha value is -0.770. The molecule has 0 bridgehead atoms. The maximum absolute atomic E-state index is 6.33. The number of hydrogen-bond acceptors (Lipinski definition) is 3. The number of halogens is 1. The van der Waals surface area contributed by atoms with Gasteiger partial charge in [-0.2, -0.15) is 0 Å². The average Bonchev–Trinajstić information content (AvgIpc) is 2.38. The van der Waals surface area contributed by atoms with Crippen molar-refractivity contribution in [3.8, 4) is 0 Å². The summed E-state index contributed by atoms with van der Waals surface area (Å²) in [6.45, 7) is 7.94. The Balaban J connectivity index is 2.26. The second-order valence-electron chi connectivity index (χ2n) is 5.35. The number of benzene rings is 1. The molecular formula is C15H23ClN2O. The zero-order valence-corrected chi connectivity index (χ0v) is 12.7. The maximum Gasteiger partial charge on any atom is 0.0723 e. The maximum atomic E-state index is 6.33. The van der Waals surface area contributed by atoms with Crippen LogP contribution in [0.4, 0.5) is 5.69 Å². The zero-order valence-electron chi connectivity index (χ0n) is 11.9. The first kappa shape index (κ1) is 14.6. The van der Waals surface area contributed by atoms with Crippen molar-refractivity contribution in [2.75, 3.05) is 18.1 Å². The second-order valence-corrected chi connectivity index (χ2v) is 5.76. The summed E-state index contributed by atoms with van der Waals surface area (Å²) in [5.41, 5.74) is 8.06. The minimum atomic E-state index is -0.0351. The molecule has 0 amide bonds. The van der Waals surface area contributed by atoms with Crippen LogP contribution >= 0.6 is 11.6 Å². The predicted octanol–water partition coefficient (Wildman–Crippen LogP) is 3.36. The van der Waals surface area contributed by atoms with E-state index in [1.54, 1.807) is 0 Å². The number of ether oxygens (including phenoxy) is 1. The Morgan fingerprint density at radius 3 is 2.84 bits per heavy atom. The lowest BCUT2D eigenvalue weighted by Crippen LogP contribution is -2.48. The summed E-state index contributed by atoms with van der Waals surface area (Å²) >= 11 is 6.33. The van der Waals surface area contributed by atoms with E-state index >= 15 is 0 Å². The number of hydrogen-bond donors (Lipinski definition) is 1. The molecule has 2 N–H and O–H groups in total. The standard InChI is InChI=1S/C15H23ClN2O/c1-4-12-9-19-10(2)8-18(12)13-5-6-14(11(3)17)15(16)7-13/h5-7,10-12H,4,8-9,17H2,1-3H3. The van der Waals surface area contributed by atoms with Crippen LogP contribution in [-0.4, -0.2) is 25.3 Å². The number of anilines is 1. The molecule has 1 aliphatic rings. The molecule has 0 radical (unpaired) electrons. The molecule has 1 saturated heterocycles.